The smallest absolute Gasteiger partial charge is 0.0718 e. The van der Waals surface area contributed by atoms with Gasteiger partial charge in [-0.3, -0.25) is 0 Å². The molecule has 1 spiro atoms. The van der Waals surface area contributed by atoms with Crippen LogP contribution in [0.2, 0.25) is 0 Å². The molecule has 9 atom stereocenters. The summed E-state index contributed by atoms with van der Waals surface area (Å²) in [6.07, 6.45) is 11.6. The minimum atomic E-state index is -0.427. The van der Waals surface area contributed by atoms with Gasteiger partial charge in [0.1, 0.15) is 0 Å². The number of rotatable bonds is 1. The Morgan fingerprint density at radius 3 is 2.41 bits per heavy atom. The lowest BCUT2D eigenvalue weighted by molar-refractivity contribution is -0.212. The molecule has 5 rings (SSSR count). The van der Waals surface area contributed by atoms with Gasteiger partial charge in [-0.15, -0.1) is 0 Å². The van der Waals surface area contributed by atoms with Crippen LogP contribution >= 0.6 is 0 Å². The van der Waals surface area contributed by atoms with Crippen molar-refractivity contribution in [2.24, 2.45) is 34.5 Å². The molecule has 0 aromatic heterocycles. The average molecular weight is 375 g/mol. The Morgan fingerprint density at radius 2 is 1.67 bits per heavy atom. The fraction of sp³-hybridized carbons (Fsp3) is 1.00. The van der Waals surface area contributed by atoms with E-state index < -0.39 is 5.60 Å². The molecule has 0 radical (unpaired) electrons. The van der Waals surface area contributed by atoms with Crippen molar-refractivity contribution in [3.05, 3.63) is 0 Å². The summed E-state index contributed by atoms with van der Waals surface area (Å²) in [6, 6.07) is 1.34. The Labute approximate surface area is 166 Å². The predicted octanol–water partition coefficient (Wildman–Crippen LogP) is 4.00. The minimum absolute atomic E-state index is 0.151. The quantitative estimate of drug-likeness (QED) is 0.751. The number of nitrogens with zero attached hydrogens (tertiary/aromatic N) is 2. The first-order chi connectivity index (χ1) is 12.7. The molecule has 1 saturated heterocycles. The molecule has 0 bridgehead atoms. The molecular weight excluding hydrogens is 332 g/mol. The van der Waals surface area contributed by atoms with Crippen LogP contribution in [0, 0.1) is 34.5 Å². The molecule has 1 heterocycles. The number of fused-ring (bicyclic) bond motifs is 4. The van der Waals surface area contributed by atoms with Crippen molar-refractivity contribution >= 4 is 0 Å². The van der Waals surface area contributed by atoms with Crippen LogP contribution in [-0.4, -0.2) is 60.3 Å². The molecule has 9 unspecified atom stereocenters. The lowest BCUT2D eigenvalue weighted by Crippen LogP contribution is -2.64. The third-order valence-electron chi connectivity index (χ3n) is 11.1. The third kappa shape index (κ3) is 2.31. The van der Waals surface area contributed by atoms with E-state index in [1.807, 2.05) is 0 Å². The Bertz CT molecular complexity index is 607. The molecule has 5 aliphatic rings. The highest BCUT2D eigenvalue weighted by Gasteiger charge is 2.67. The van der Waals surface area contributed by atoms with E-state index in [1.54, 1.807) is 0 Å². The van der Waals surface area contributed by atoms with Crippen LogP contribution in [0.5, 0.6) is 0 Å². The molecular formula is C24H42N2O. The first kappa shape index (κ1) is 18.9. The van der Waals surface area contributed by atoms with Crippen LogP contribution in [-0.2, 0) is 0 Å². The first-order valence-corrected chi connectivity index (χ1v) is 11.8. The van der Waals surface area contributed by atoms with Crippen molar-refractivity contribution in [3.63, 3.8) is 0 Å². The van der Waals surface area contributed by atoms with Gasteiger partial charge >= 0.3 is 0 Å². The second-order valence-corrected chi connectivity index (χ2v) is 11.8. The van der Waals surface area contributed by atoms with Crippen molar-refractivity contribution in [1.29, 1.82) is 0 Å². The van der Waals surface area contributed by atoms with Crippen LogP contribution in [0.15, 0.2) is 0 Å². The van der Waals surface area contributed by atoms with Crippen molar-refractivity contribution < 1.29 is 5.11 Å². The van der Waals surface area contributed by atoms with Gasteiger partial charge in [-0.2, -0.15) is 0 Å². The molecule has 154 valence electrons. The zero-order chi connectivity index (χ0) is 19.2. The zero-order valence-electron chi connectivity index (χ0n) is 18.4. The summed E-state index contributed by atoms with van der Waals surface area (Å²) in [4.78, 5) is 5.02. The molecule has 0 aromatic carbocycles. The Balaban J connectivity index is 1.44. The van der Waals surface area contributed by atoms with E-state index in [4.69, 9.17) is 0 Å². The number of likely N-dealkylation sites (tertiary alicyclic amines) is 1. The van der Waals surface area contributed by atoms with Gasteiger partial charge in [-0.05, 0) is 120 Å². The number of hydrogen-bond acceptors (Lipinski definition) is 3. The largest absolute Gasteiger partial charge is 0.389 e. The van der Waals surface area contributed by atoms with Crippen molar-refractivity contribution in [2.75, 3.05) is 27.7 Å². The maximum atomic E-state index is 11.9. The summed E-state index contributed by atoms with van der Waals surface area (Å²) in [5.41, 5.74) is 0.337. The third-order valence-corrected chi connectivity index (χ3v) is 11.1. The van der Waals surface area contributed by atoms with E-state index in [1.165, 1.54) is 51.5 Å². The standard InChI is InChI=1S/C24H42N2O/c1-16-19-6-7-21-18-9-13-24(27)14-17(25(3)4)8-11-22(24,2)20(18)10-12-23(19,21)15-26(16)5/h16-21,27H,6-15H2,1-5H3. The summed E-state index contributed by atoms with van der Waals surface area (Å²) in [6.45, 7) is 6.32. The Morgan fingerprint density at radius 1 is 0.926 bits per heavy atom. The van der Waals surface area contributed by atoms with Gasteiger partial charge in [0.05, 0.1) is 5.60 Å². The highest BCUT2D eigenvalue weighted by molar-refractivity contribution is 5.18. The van der Waals surface area contributed by atoms with E-state index in [2.05, 4.69) is 44.8 Å². The summed E-state index contributed by atoms with van der Waals surface area (Å²) in [5, 5.41) is 11.9. The van der Waals surface area contributed by atoms with Crippen molar-refractivity contribution in [2.45, 2.75) is 89.3 Å². The molecule has 27 heavy (non-hydrogen) atoms. The summed E-state index contributed by atoms with van der Waals surface area (Å²) in [5.74, 6) is 3.51. The Kier molecular flexibility index (Phi) is 4.16. The first-order valence-electron chi connectivity index (χ1n) is 11.8. The predicted molar refractivity (Wildman–Crippen MR) is 111 cm³/mol. The molecule has 1 N–H and O–H groups in total. The molecule has 0 amide bonds. The molecule has 4 saturated carbocycles. The summed E-state index contributed by atoms with van der Waals surface area (Å²) >= 11 is 0. The van der Waals surface area contributed by atoms with Gasteiger partial charge in [0.15, 0.2) is 0 Å². The van der Waals surface area contributed by atoms with Crippen molar-refractivity contribution in [1.82, 2.24) is 9.80 Å². The summed E-state index contributed by atoms with van der Waals surface area (Å²) < 4.78 is 0. The fourth-order valence-corrected chi connectivity index (χ4v) is 9.47. The van der Waals surface area contributed by atoms with E-state index in [-0.39, 0.29) is 5.41 Å². The SMILES string of the molecule is CC1C2CCC3C4CCC5(O)CC(N(C)C)CCC5(C)C4CCC32CN1C. The topological polar surface area (TPSA) is 26.7 Å². The van der Waals surface area contributed by atoms with Crippen LogP contribution in [0.4, 0.5) is 0 Å². The molecule has 0 aromatic rings. The van der Waals surface area contributed by atoms with Gasteiger partial charge in [0.2, 0.25) is 0 Å². The second-order valence-electron chi connectivity index (χ2n) is 11.8. The van der Waals surface area contributed by atoms with E-state index in [9.17, 15) is 5.11 Å². The molecule has 4 aliphatic carbocycles. The molecule has 3 nitrogen and oxygen atoms in total. The second kappa shape index (κ2) is 5.95. The van der Waals surface area contributed by atoms with Gasteiger partial charge < -0.3 is 14.9 Å². The van der Waals surface area contributed by atoms with Gasteiger partial charge in [0, 0.05) is 18.6 Å². The van der Waals surface area contributed by atoms with E-state index in [0.717, 1.165) is 42.6 Å². The van der Waals surface area contributed by atoms with Crippen LogP contribution < -0.4 is 0 Å². The van der Waals surface area contributed by atoms with Crippen molar-refractivity contribution in [3.8, 4) is 0 Å². The minimum Gasteiger partial charge on any atom is -0.389 e. The highest BCUT2D eigenvalue weighted by atomic mass is 16.3. The summed E-state index contributed by atoms with van der Waals surface area (Å²) in [7, 11) is 6.76. The van der Waals surface area contributed by atoms with Gasteiger partial charge in [-0.1, -0.05) is 6.92 Å². The normalized spacial score (nSPS) is 57.9. The molecule has 3 heteroatoms. The molecule has 1 aliphatic heterocycles. The number of aliphatic hydroxyl groups is 1. The number of hydrogen-bond donors (Lipinski definition) is 1. The zero-order valence-corrected chi connectivity index (χ0v) is 18.4. The highest BCUT2D eigenvalue weighted by Crippen LogP contribution is 2.70. The lowest BCUT2D eigenvalue weighted by Gasteiger charge is -2.64. The maximum absolute atomic E-state index is 11.9. The average Bonchev–Trinajstić information content (AvgIpc) is 3.09. The van der Waals surface area contributed by atoms with E-state index >= 15 is 0 Å². The monoisotopic (exact) mass is 374 g/mol. The lowest BCUT2D eigenvalue weighted by atomic mass is 9.43. The molecule has 5 fully saturated rings. The van der Waals surface area contributed by atoms with Gasteiger partial charge in [0.25, 0.3) is 0 Å². The van der Waals surface area contributed by atoms with E-state index in [0.29, 0.717) is 11.5 Å². The van der Waals surface area contributed by atoms with Gasteiger partial charge in [-0.25, -0.2) is 0 Å². The van der Waals surface area contributed by atoms with Crippen LogP contribution in [0.1, 0.15) is 71.6 Å². The fourth-order valence-electron chi connectivity index (χ4n) is 9.47. The van der Waals surface area contributed by atoms with Crippen LogP contribution in [0.25, 0.3) is 0 Å². The van der Waals surface area contributed by atoms with Crippen LogP contribution in [0.3, 0.4) is 0 Å². The maximum Gasteiger partial charge on any atom is 0.0718 e. The Hall–Kier alpha value is -0.120.